The van der Waals surface area contributed by atoms with Crippen molar-refractivity contribution in [2.45, 2.75) is 39.5 Å². The van der Waals surface area contributed by atoms with E-state index in [0.717, 1.165) is 10.4 Å². The van der Waals surface area contributed by atoms with Gasteiger partial charge in [0, 0.05) is 37.5 Å². The Balaban J connectivity index is 1.61. The highest BCUT2D eigenvalue weighted by Gasteiger charge is 2.40. The van der Waals surface area contributed by atoms with E-state index >= 15 is 0 Å². The lowest BCUT2D eigenvalue weighted by Gasteiger charge is -2.33. The molecule has 3 heterocycles. The van der Waals surface area contributed by atoms with Crippen LogP contribution in [0.5, 0.6) is 0 Å². The zero-order valence-corrected chi connectivity index (χ0v) is 16.2. The van der Waals surface area contributed by atoms with Crippen LogP contribution < -0.4 is 10.9 Å². The summed E-state index contributed by atoms with van der Waals surface area (Å²) in [5.41, 5.74) is -0.224. The summed E-state index contributed by atoms with van der Waals surface area (Å²) >= 11 is 1.46. The minimum atomic E-state index is -0.967. The molecule has 3 N–H and O–H groups in total. The second kappa shape index (κ2) is 7.77. The number of hydrogen-bond donors (Lipinski definition) is 3. The van der Waals surface area contributed by atoms with E-state index in [1.165, 1.54) is 11.3 Å². The fraction of sp³-hybridized carbons (Fsp3) is 0.556. The Labute approximate surface area is 160 Å². The molecule has 0 unspecified atom stereocenters. The summed E-state index contributed by atoms with van der Waals surface area (Å²) in [6, 6.07) is 0. The van der Waals surface area contributed by atoms with Crippen LogP contribution in [0.2, 0.25) is 0 Å². The predicted octanol–water partition coefficient (Wildman–Crippen LogP) is 1.53. The normalized spacial score (nSPS) is 16.4. The molecule has 1 aliphatic heterocycles. The second-order valence-corrected chi connectivity index (χ2v) is 8.15. The number of carbonyl (C=O) groups excluding carboxylic acids is 1. The number of ether oxygens (including phenoxy) is 1. The summed E-state index contributed by atoms with van der Waals surface area (Å²) in [5.74, 6) is -0.711. The molecule has 0 aliphatic carbocycles. The van der Waals surface area contributed by atoms with Crippen LogP contribution in [-0.2, 0) is 20.7 Å². The van der Waals surface area contributed by atoms with Gasteiger partial charge >= 0.3 is 5.97 Å². The molecule has 1 aliphatic rings. The maximum Gasteiger partial charge on any atom is 0.311 e. The van der Waals surface area contributed by atoms with Crippen LogP contribution in [0.15, 0.2) is 4.79 Å². The van der Waals surface area contributed by atoms with Gasteiger partial charge in [0.2, 0.25) is 5.91 Å². The molecule has 0 aromatic carbocycles. The van der Waals surface area contributed by atoms with Gasteiger partial charge in [0.15, 0.2) is 0 Å². The SMILES string of the molecule is Cc1sc2nc(CCC(=O)NCC3(C(=O)O)CCOCC3)[nH]c(=O)c2c1C. The summed E-state index contributed by atoms with van der Waals surface area (Å²) in [6.45, 7) is 4.69. The number of carbonyl (C=O) groups is 2. The molecule has 27 heavy (non-hydrogen) atoms. The maximum atomic E-state index is 12.3. The molecule has 8 nitrogen and oxygen atoms in total. The van der Waals surface area contributed by atoms with Crippen LogP contribution in [0, 0.1) is 19.3 Å². The largest absolute Gasteiger partial charge is 0.481 e. The van der Waals surface area contributed by atoms with E-state index in [4.69, 9.17) is 4.74 Å². The van der Waals surface area contributed by atoms with Crippen molar-refractivity contribution in [3.63, 3.8) is 0 Å². The quantitative estimate of drug-likeness (QED) is 0.684. The van der Waals surface area contributed by atoms with Gasteiger partial charge in [-0.25, -0.2) is 4.98 Å². The van der Waals surface area contributed by atoms with Crippen molar-refractivity contribution in [2.75, 3.05) is 19.8 Å². The summed E-state index contributed by atoms with van der Waals surface area (Å²) in [7, 11) is 0. The summed E-state index contributed by atoms with van der Waals surface area (Å²) in [5, 5.41) is 12.8. The number of thiophene rings is 1. The number of aromatic nitrogens is 2. The van der Waals surface area contributed by atoms with Crippen LogP contribution in [0.1, 0.15) is 35.5 Å². The van der Waals surface area contributed by atoms with Crippen LogP contribution in [0.25, 0.3) is 10.2 Å². The van der Waals surface area contributed by atoms with Gasteiger partial charge in [0.25, 0.3) is 5.56 Å². The number of aryl methyl sites for hydroxylation is 3. The Morgan fingerprint density at radius 1 is 1.33 bits per heavy atom. The molecule has 146 valence electrons. The lowest BCUT2D eigenvalue weighted by atomic mass is 9.80. The first-order chi connectivity index (χ1) is 12.8. The van der Waals surface area contributed by atoms with E-state index in [9.17, 15) is 19.5 Å². The second-order valence-electron chi connectivity index (χ2n) is 6.95. The van der Waals surface area contributed by atoms with Crippen molar-refractivity contribution in [1.29, 1.82) is 0 Å². The highest BCUT2D eigenvalue weighted by Crippen LogP contribution is 2.30. The van der Waals surface area contributed by atoms with Gasteiger partial charge < -0.3 is 20.1 Å². The van der Waals surface area contributed by atoms with E-state index in [-0.39, 0.29) is 30.9 Å². The third-order valence-corrected chi connectivity index (χ3v) is 6.31. The molecule has 9 heteroatoms. The standard InChI is InChI=1S/C18H23N3O5S/c1-10-11(2)27-16-14(10)15(23)20-12(21-16)3-4-13(22)19-9-18(17(24)25)5-7-26-8-6-18/h3-9H2,1-2H3,(H,19,22)(H,24,25)(H,20,21,23). The smallest absolute Gasteiger partial charge is 0.311 e. The average Bonchev–Trinajstić information content (AvgIpc) is 2.93. The van der Waals surface area contributed by atoms with Crippen LogP contribution in [0.4, 0.5) is 0 Å². The fourth-order valence-corrected chi connectivity index (χ4v) is 4.28. The minimum absolute atomic E-state index is 0.0802. The van der Waals surface area contributed by atoms with Crippen LogP contribution in [0.3, 0.4) is 0 Å². The summed E-state index contributed by atoms with van der Waals surface area (Å²) in [6.07, 6.45) is 1.18. The first-order valence-corrected chi connectivity index (χ1v) is 9.71. The van der Waals surface area contributed by atoms with Gasteiger partial charge in [-0.15, -0.1) is 11.3 Å². The molecule has 0 radical (unpaired) electrons. The minimum Gasteiger partial charge on any atom is -0.481 e. The first kappa shape index (κ1) is 19.5. The van der Waals surface area contributed by atoms with Crippen molar-refractivity contribution < 1.29 is 19.4 Å². The molecule has 2 aromatic rings. The Morgan fingerprint density at radius 2 is 2.04 bits per heavy atom. The zero-order chi connectivity index (χ0) is 19.6. The van der Waals surface area contributed by atoms with Gasteiger partial charge in [-0.1, -0.05) is 0 Å². The lowest BCUT2D eigenvalue weighted by molar-refractivity contribution is -0.154. The molecule has 1 saturated heterocycles. The van der Waals surface area contributed by atoms with Gasteiger partial charge in [0.1, 0.15) is 10.7 Å². The fourth-order valence-electron chi connectivity index (χ4n) is 3.23. The molecule has 1 fully saturated rings. The molecule has 0 saturated carbocycles. The van der Waals surface area contributed by atoms with Crippen LogP contribution >= 0.6 is 11.3 Å². The van der Waals surface area contributed by atoms with Gasteiger partial charge in [0.05, 0.1) is 10.8 Å². The third-order valence-electron chi connectivity index (χ3n) is 5.20. The number of carboxylic acids is 1. The van der Waals surface area contributed by atoms with Gasteiger partial charge in [-0.2, -0.15) is 0 Å². The molecular formula is C18H23N3O5S. The number of nitrogens with zero attached hydrogens (tertiary/aromatic N) is 1. The number of fused-ring (bicyclic) bond motifs is 1. The highest BCUT2D eigenvalue weighted by atomic mass is 32.1. The van der Waals surface area contributed by atoms with E-state index in [1.807, 2.05) is 13.8 Å². The van der Waals surface area contributed by atoms with E-state index in [1.54, 1.807) is 0 Å². The summed E-state index contributed by atoms with van der Waals surface area (Å²) < 4.78 is 5.23. The average molecular weight is 393 g/mol. The van der Waals surface area contributed by atoms with Gasteiger partial charge in [-0.3, -0.25) is 14.4 Å². The van der Waals surface area contributed by atoms with Crippen molar-refractivity contribution in [3.8, 4) is 0 Å². The highest BCUT2D eigenvalue weighted by molar-refractivity contribution is 7.18. The maximum absolute atomic E-state index is 12.3. The number of rotatable bonds is 6. The third kappa shape index (κ3) is 4.03. The zero-order valence-electron chi connectivity index (χ0n) is 15.4. The molecule has 1 amide bonds. The Hall–Kier alpha value is -2.26. The van der Waals surface area contributed by atoms with E-state index in [0.29, 0.717) is 42.1 Å². The van der Waals surface area contributed by atoms with E-state index in [2.05, 4.69) is 15.3 Å². The van der Waals surface area contributed by atoms with Crippen molar-refractivity contribution in [1.82, 2.24) is 15.3 Å². The Kier molecular flexibility index (Phi) is 5.61. The summed E-state index contributed by atoms with van der Waals surface area (Å²) in [4.78, 5) is 45.0. The van der Waals surface area contributed by atoms with Gasteiger partial charge in [-0.05, 0) is 32.3 Å². The molecule has 2 aromatic heterocycles. The van der Waals surface area contributed by atoms with Crippen LogP contribution in [-0.4, -0.2) is 46.7 Å². The molecule has 0 atom stereocenters. The van der Waals surface area contributed by atoms with Crippen molar-refractivity contribution in [3.05, 3.63) is 26.6 Å². The van der Waals surface area contributed by atoms with Crippen molar-refractivity contribution in [2.24, 2.45) is 5.41 Å². The monoisotopic (exact) mass is 393 g/mol. The molecule has 0 spiro atoms. The lowest BCUT2D eigenvalue weighted by Crippen LogP contribution is -2.46. The number of nitrogens with one attached hydrogen (secondary N) is 2. The number of hydrogen-bond acceptors (Lipinski definition) is 6. The molecular weight excluding hydrogens is 370 g/mol. The number of amides is 1. The first-order valence-electron chi connectivity index (χ1n) is 8.89. The topological polar surface area (TPSA) is 121 Å². The number of H-pyrrole nitrogens is 1. The number of aliphatic carboxylic acids is 1. The van der Waals surface area contributed by atoms with Crippen molar-refractivity contribution >= 4 is 33.4 Å². The Morgan fingerprint density at radius 3 is 2.70 bits per heavy atom. The van der Waals surface area contributed by atoms with E-state index < -0.39 is 11.4 Å². The molecule has 0 bridgehead atoms. The number of aromatic amines is 1. The number of carboxylic acid groups (broad SMARTS) is 1. The Bertz CT molecular complexity index is 927. The predicted molar refractivity (Wildman–Crippen MR) is 101 cm³/mol. The molecule has 3 rings (SSSR count).